The van der Waals surface area contributed by atoms with Gasteiger partial charge in [-0.3, -0.25) is 4.79 Å². The van der Waals surface area contributed by atoms with Gasteiger partial charge in [-0.1, -0.05) is 42.5 Å². The summed E-state index contributed by atoms with van der Waals surface area (Å²) >= 11 is 0. The maximum absolute atomic E-state index is 12.8. The van der Waals surface area contributed by atoms with Crippen molar-refractivity contribution in [2.24, 2.45) is 0 Å². The molecule has 138 valence electrons. The van der Waals surface area contributed by atoms with E-state index in [4.69, 9.17) is 4.74 Å². The maximum atomic E-state index is 12.8. The first kappa shape index (κ1) is 17.7. The summed E-state index contributed by atoms with van der Waals surface area (Å²) in [5.41, 5.74) is 2.94. The van der Waals surface area contributed by atoms with Gasteiger partial charge in [-0.05, 0) is 48.9 Å². The van der Waals surface area contributed by atoms with E-state index in [0.717, 1.165) is 22.2 Å². The van der Waals surface area contributed by atoms with E-state index in [0.29, 0.717) is 17.0 Å². The lowest BCUT2D eigenvalue weighted by molar-refractivity contribution is 0.102. The van der Waals surface area contributed by atoms with Crippen molar-refractivity contribution in [2.75, 3.05) is 5.32 Å². The highest BCUT2D eigenvalue weighted by Crippen LogP contribution is 2.24. The van der Waals surface area contributed by atoms with Crippen LogP contribution in [-0.4, -0.2) is 15.9 Å². The second-order valence-electron chi connectivity index (χ2n) is 6.54. The van der Waals surface area contributed by atoms with Crippen LogP contribution in [0.4, 0.5) is 5.69 Å². The van der Waals surface area contributed by atoms with E-state index in [-0.39, 0.29) is 11.9 Å². The van der Waals surface area contributed by atoms with Gasteiger partial charge >= 0.3 is 6.01 Å². The summed E-state index contributed by atoms with van der Waals surface area (Å²) in [6, 6.07) is 22.9. The number of carbonyl (C=O) groups excluding carboxylic acids is 1. The molecule has 0 saturated carbocycles. The molecular formula is C23H19N3O2. The molecule has 1 aromatic heterocycles. The van der Waals surface area contributed by atoms with Crippen molar-refractivity contribution in [1.29, 1.82) is 0 Å². The van der Waals surface area contributed by atoms with Crippen LogP contribution in [0.3, 0.4) is 0 Å². The van der Waals surface area contributed by atoms with Crippen molar-refractivity contribution in [1.82, 2.24) is 9.97 Å². The van der Waals surface area contributed by atoms with Gasteiger partial charge in [-0.2, -0.15) is 0 Å². The number of nitrogens with one attached hydrogen (secondary N) is 1. The molecular weight excluding hydrogens is 350 g/mol. The van der Waals surface area contributed by atoms with Crippen LogP contribution < -0.4 is 10.1 Å². The zero-order chi connectivity index (χ0) is 19.5. The van der Waals surface area contributed by atoms with Gasteiger partial charge in [0.2, 0.25) is 0 Å². The van der Waals surface area contributed by atoms with E-state index >= 15 is 0 Å². The van der Waals surface area contributed by atoms with E-state index in [9.17, 15) is 4.79 Å². The number of rotatable bonds is 4. The third kappa shape index (κ3) is 3.83. The topological polar surface area (TPSA) is 64.1 Å². The van der Waals surface area contributed by atoms with Crippen LogP contribution in [0.1, 0.15) is 21.7 Å². The molecule has 0 fully saturated rings. The number of hydrogen-bond acceptors (Lipinski definition) is 4. The third-order valence-electron chi connectivity index (χ3n) is 4.30. The molecule has 0 bridgehead atoms. The third-order valence-corrected chi connectivity index (χ3v) is 4.30. The van der Waals surface area contributed by atoms with Crippen LogP contribution in [0, 0.1) is 13.8 Å². The number of carbonyl (C=O) groups is 1. The SMILES string of the molecule is Cc1cc(C)nc(Oc2cccc(NC(=O)c3cccc4ccccc34)c2)n1. The van der Waals surface area contributed by atoms with Crippen molar-refractivity contribution in [2.45, 2.75) is 13.8 Å². The molecule has 0 saturated heterocycles. The summed E-state index contributed by atoms with van der Waals surface area (Å²) in [4.78, 5) is 21.4. The van der Waals surface area contributed by atoms with Crippen LogP contribution in [0.5, 0.6) is 11.8 Å². The largest absolute Gasteiger partial charge is 0.424 e. The molecule has 0 atom stereocenters. The molecule has 5 heteroatoms. The number of aryl methyl sites for hydroxylation is 2. The first-order chi connectivity index (χ1) is 13.6. The van der Waals surface area contributed by atoms with Crippen LogP contribution in [0.25, 0.3) is 10.8 Å². The number of ether oxygens (including phenoxy) is 1. The van der Waals surface area contributed by atoms with Gasteiger partial charge in [0.25, 0.3) is 5.91 Å². The van der Waals surface area contributed by atoms with E-state index in [2.05, 4.69) is 15.3 Å². The fourth-order valence-electron chi connectivity index (χ4n) is 3.10. The molecule has 0 aliphatic carbocycles. The van der Waals surface area contributed by atoms with Gasteiger partial charge < -0.3 is 10.1 Å². The van der Waals surface area contributed by atoms with Crippen LogP contribution in [0.2, 0.25) is 0 Å². The van der Waals surface area contributed by atoms with Crippen LogP contribution in [0.15, 0.2) is 72.8 Å². The zero-order valence-corrected chi connectivity index (χ0v) is 15.6. The normalized spacial score (nSPS) is 10.6. The molecule has 4 rings (SSSR count). The number of nitrogens with zero attached hydrogens (tertiary/aromatic N) is 2. The average molecular weight is 369 g/mol. The summed E-state index contributed by atoms with van der Waals surface area (Å²) in [5, 5.41) is 4.88. The number of fused-ring (bicyclic) bond motifs is 1. The quantitative estimate of drug-likeness (QED) is 0.531. The Labute approximate surface area is 163 Å². The van der Waals surface area contributed by atoms with Crippen molar-refractivity contribution >= 4 is 22.4 Å². The molecule has 0 radical (unpaired) electrons. The average Bonchev–Trinajstić information content (AvgIpc) is 2.67. The Morgan fingerprint density at radius 1 is 0.857 bits per heavy atom. The first-order valence-electron chi connectivity index (χ1n) is 8.98. The lowest BCUT2D eigenvalue weighted by atomic mass is 10.0. The Hall–Kier alpha value is -3.73. The van der Waals surface area contributed by atoms with E-state index in [1.165, 1.54) is 0 Å². The Morgan fingerprint density at radius 3 is 2.39 bits per heavy atom. The minimum atomic E-state index is -0.170. The van der Waals surface area contributed by atoms with Gasteiger partial charge in [0, 0.05) is 28.7 Å². The Kier molecular flexibility index (Phi) is 4.72. The van der Waals surface area contributed by atoms with Crippen molar-refractivity contribution in [3.05, 3.63) is 89.7 Å². The molecule has 1 amide bonds. The molecule has 4 aromatic rings. The van der Waals surface area contributed by atoms with Crippen molar-refractivity contribution in [3.63, 3.8) is 0 Å². The molecule has 0 spiro atoms. The predicted octanol–water partition coefficient (Wildman–Crippen LogP) is 5.29. The molecule has 0 unspecified atom stereocenters. The summed E-state index contributed by atoms with van der Waals surface area (Å²) in [7, 11) is 0. The molecule has 28 heavy (non-hydrogen) atoms. The van der Waals surface area contributed by atoms with Crippen molar-refractivity contribution in [3.8, 4) is 11.8 Å². The fraction of sp³-hybridized carbons (Fsp3) is 0.0870. The lowest BCUT2D eigenvalue weighted by Crippen LogP contribution is -2.12. The van der Waals surface area contributed by atoms with Gasteiger partial charge in [0.15, 0.2) is 0 Å². The minimum Gasteiger partial charge on any atom is -0.424 e. The zero-order valence-electron chi connectivity index (χ0n) is 15.6. The van der Waals surface area contributed by atoms with Gasteiger partial charge in [-0.15, -0.1) is 0 Å². The standard InChI is InChI=1S/C23H19N3O2/c1-15-13-16(2)25-23(24-15)28-19-10-6-9-18(14-19)26-22(27)21-12-5-8-17-7-3-4-11-20(17)21/h3-14H,1-2H3,(H,26,27). The summed E-state index contributed by atoms with van der Waals surface area (Å²) in [6.45, 7) is 3.78. The lowest BCUT2D eigenvalue weighted by Gasteiger charge is -2.10. The second kappa shape index (κ2) is 7.48. The maximum Gasteiger partial charge on any atom is 0.322 e. The van der Waals surface area contributed by atoms with Gasteiger partial charge in [-0.25, -0.2) is 9.97 Å². The summed E-state index contributed by atoms with van der Waals surface area (Å²) < 4.78 is 5.76. The highest BCUT2D eigenvalue weighted by atomic mass is 16.5. The molecule has 1 N–H and O–H groups in total. The Bertz CT molecular complexity index is 1150. The molecule has 0 aliphatic rings. The van der Waals surface area contributed by atoms with Gasteiger partial charge in [0.05, 0.1) is 0 Å². The second-order valence-corrected chi connectivity index (χ2v) is 6.54. The van der Waals surface area contributed by atoms with E-state index < -0.39 is 0 Å². The fourth-order valence-corrected chi connectivity index (χ4v) is 3.10. The molecule has 1 heterocycles. The van der Waals surface area contributed by atoms with E-state index in [1.807, 2.05) is 74.5 Å². The minimum absolute atomic E-state index is 0.170. The highest BCUT2D eigenvalue weighted by Gasteiger charge is 2.11. The Morgan fingerprint density at radius 2 is 1.57 bits per heavy atom. The molecule has 5 nitrogen and oxygen atoms in total. The predicted molar refractivity (Wildman–Crippen MR) is 110 cm³/mol. The monoisotopic (exact) mass is 369 g/mol. The number of aromatic nitrogens is 2. The first-order valence-corrected chi connectivity index (χ1v) is 8.98. The smallest absolute Gasteiger partial charge is 0.322 e. The molecule has 0 aliphatic heterocycles. The van der Waals surface area contributed by atoms with Gasteiger partial charge in [0.1, 0.15) is 5.75 Å². The summed E-state index contributed by atoms with van der Waals surface area (Å²) in [6.07, 6.45) is 0. The Balaban J connectivity index is 1.57. The molecule has 3 aromatic carbocycles. The van der Waals surface area contributed by atoms with Crippen molar-refractivity contribution < 1.29 is 9.53 Å². The number of hydrogen-bond donors (Lipinski definition) is 1. The number of benzene rings is 3. The van der Waals surface area contributed by atoms with Crippen LogP contribution in [-0.2, 0) is 0 Å². The highest BCUT2D eigenvalue weighted by molar-refractivity contribution is 6.12. The number of anilines is 1. The van der Waals surface area contributed by atoms with Crippen LogP contribution >= 0.6 is 0 Å². The van der Waals surface area contributed by atoms with E-state index in [1.54, 1.807) is 12.1 Å². The number of amides is 1. The summed E-state index contributed by atoms with van der Waals surface area (Å²) in [5.74, 6) is 0.386.